The molecular weight excluding hydrogens is 310 g/mol. The van der Waals surface area contributed by atoms with Gasteiger partial charge in [-0.25, -0.2) is 0 Å². The molecule has 0 bridgehead atoms. The van der Waals surface area contributed by atoms with Gasteiger partial charge in [0, 0.05) is 12.2 Å². The van der Waals surface area contributed by atoms with Crippen LogP contribution in [0.25, 0.3) is 0 Å². The Morgan fingerprint density at radius 3 is 2.74 bits per heavy atom. The zero-order chi connectivity index (χ0) is 13.8. The van der Waals surface area contributed by atoms with E-state index in [9.17, 15) is 10.1 Å². The molecule has 1 aliphatic rings. The predicted octanol–water partition coefficient (Wildman–Crippen LogP) is 4.13. The summed E-state index contributed by atoms with van der Waals surface area (Å²) >= 11 is 3.34. The maximum Gasteiger partial charge on any atom is 0.311 e. The van der Waals surface area contributed by atoms with E-state index >= 15 is 0 Å². The normalized spacial score (nSPS) is 18.0. The largest absolute Gasteiger partial charge is 0.376 e. The second-order valence-corrected chi connectivity index (χ2v) is 5.96. The summed E-state index contributed by atoms with van der Waals surface area (Å²) in [5.74, 6) is 0.591. The molecule has 0 radical (unpaired) electrons. The van der Waals surface area contributed by atoms with Crippen LogP contribution in [0.1, 0.15) is 39.0 Å². The number of hydrogen-bond donors (Lipinski definition) is 1. The minimum Gasteiger partial charge on any atom is -0.376 e. The van der Waals surface area contributed by atoms with Gasteiger partial charge in [-0.2, -0.15) is 0 Å². The third kappa shape index (κ3) is 3.43. The minimum absolute atomic E-state index is 0.0250. The van der Waals surface area contributed by atoms with Crippen molar-refractivity contribution in [2.45, 2.75) is 45.1 Å². The van der Waals surface area contributed by atoms with Crippen molar-refractivity contribution in [3.63, 3.8) is 0 Å². The summed E-state index contributed by atoms with van der Waals surface area (Å²) in [6, 6.07) is 0.234. The van der Waals surface area contributed by atoms with Gasteiger partial charge in [0.2, 0.25) is 0 Å². The van der Waals surface area contributed by atoms with Crippen LogP contribution in [0.15, 0.2) is 16.9 Å². The second kappa shape index (κ2) is 6.32. The SMILES string of the molecule is CC(Nc1c(Br)cncc1[N+](=O)[O-])C1CCCCC1. The fraction of sp³-hybridized carbons (Fsp3) is 0.615. The first-order valence-corrected chi connectivity index (χ1v) is 7.43. The molecule has 104 valence electrons. The number of nitrogens with one attached hydrogen (secondary N) is 1. The number of halogens is 1. The molecule has 19 heavy (non-hydrogen) atoms. The maximum atomic E-state index is 11.0. The van der Waals surface area contributed by atoms with Crippen molar-refractivity contribution in [2.75, 3.05) is 5.32 Å². The average Bonchev–Trinajstić information content (AvgIpc) is 2.41. The molecule has 0 aromatic carbocycles. The highest BCUT2D eigenvalue weighted by Gasteiger charge is 2.24. The number of hydrogen-bond acceptors (Lipinski definition) is 4. The van der Waals surface area contributed by atoms with Gasteiger partial charge in [-0.1, -0.05) is 19.3 Å². The highest BCUT2D eigenvalue weighted by Crippen LogP contribution is 2.34. The van der Waals surface area contributed by atoms with Crippen molar-refractivity contribution in [3.05, 3.63) is 27.0 Å². The van der Waals surface area contributed by atoms with Crippen LogP contribution in [0.2, 0.25) is 0 Å². The molecule has 0 spiro atoms. The van der Waals surface area contributed by atoms with Gasteiger partial charge >= 0.3 is 5.69 Å². The predicted molar refractivity (Wildman–Crippen MR) is 78.3 cm³/mol. The van der Waals surface area contributed by atoms with Gasteiger partial charge in [0.15, 0.2) is 0 Å². The van der Waals surface area contributed by atoms with Gasteiger partial charge in [-0.05, 0) is 41.6 Å². The van der Waals surface area contributed by atoms with E-state index in [1.54, 1.807) is 6.20 Å². The molecule has 1 atom stereocenters. The standard InChI is InChI=1S/C13H18BrN3O2/c1-9(10-5-3-2-4-6-10)16-13-11(14)7-15-8-12(13)17(18)19/h7-10H,2-6H2,1H3,(H,15,16). The zero-order valence-electron chi connectivity index (χ0n) is 10.9. The Labute approximate surface area is 121 Å². The van der Waals surface area contributed by atoms with Crippen molar-refractivity contribution in [1.82, 2.24) is 4.98 Å². The van der Waals surface area contributed by atoms with Crippen LogP contribution in [0.5, 0.6) is 0 Å². The van der Waals surface area contributed by atoms with E-state index < -0.39 is 4.92 Å². The first kappa shape index (κ1) is 14.2. The van der Waals surface area contributed by atoms with Gasteiger partial charge in [0.1, 0.15) is 11.9 Å². The Balaban J connectivity index is 2.15. The average molecular weight is 328 g/mol. The lowest BCUT2D eigenvalue weighted by molar-refractivity contribution is -0.384. The molecule has 1 fully saturated rings. The molecule has 1 aromatic rings. The molecule has 6 heteroatoms. The smallest absolute Gasteiger partial charge is 0.311 e. The molecule has 1 aromatic heterocycles. The summed E-state index contributed by atoms with van der Waals surface area (Å²) in [5.41, 5.74) is 0.565. The highest BCUT2D eigenvalue weighted by molar-refractivity contribution is 9.10. The molecule has 5 nitrogen and oxygen atoms in total. The van der Waals surface area contributed by atoms with E-state index in [1.165, 1.54) is 38.3 Å². The van der Waals surface area contributed by atoms with E-state index in [0.717, 1.165) is 0 Å². The first-order chi connectivity index (χ1) is 9.09. The summed E-state index contributed by atoms with van der Waals surface area (Å²) in [4.78, 5) is 14.5. The van der Waals surface area contributed by atoms with Gasteiger partial charge in [-0.15, -0.1) is 0 Å². The van der Waals surface area contributed by atoms with Gasteiger partial charge in [0.05, 0.1) is 9.40 Å². The summed E-state index contributed by atoms with van der Waals surface area (Å²) in [7, 11) is 0. The van der Waals surface area contributed by atoms with E-state index in [-0.39, 0.29) is 11.7 Å². The number of pyridine rings is 1. The van der Waals surface area contributed by atoms with Crippen LogP contribution in [0.3, 0.4) is 0 Å². The van der Waals surface area contributed by atoms with Crippen LogP contribution >= 0.6 is 15.9 Å². The first-order valence-electron chi connectivity index (χ1n) is 6.64. The Morgan fingerprint density at radius 1 is 1.42 bits per heavy atom. The monoisotopic (exact) mass is 327 g/mol. The van der Waals surface area contributed by atoms with Crippen LogP contribution in [0, 0.1) is 16.0 Å². The van der Waals surface area contributed by atoms with Gasteiger partial charge in [-0.3, -0.25) is 15.1 Å². The number of anilines is 1. The van der Waals surface area contributed by atoms with Crippen molar-refractivity contribution < 1.29 is 4.92 Å². The van der Waals surface area contributed by atoms with Crippen LogP contribution in [0.4, 0.5) is 11.4 Å². The lowest BCUT2D eigenvalue weighted by atomic mass is 9.84. The molecule has 0 amide bonds. The quantitative estimate of drug-likeness (QED) is 0.666. The molecule has 2 rings (SSSR count). The van der Waals surface area contributed by atoms with Crippen molar-refractivity contribution in [3.8, 4) is 0 Å². The number of aromatic nitrogens is 1. The molecule has 1 N–H and O–H groups in total. The van der Waals surface area contributed by atoms with Gasteiger partial charge in [0.25, 0.3) is 0 Å². The van der Waals surface area contributed by atoms with E-state index in [0.29, 0.717) is 16.1 Å². The van der Waals surface area contributed by atoms with Crippen LogP contribution in [-0.4, -0.2) is 15.9 Å². The summed E-state index contributed by atoms with van der Waals surface area (Å²) in [6.45, 7) is 2.10. The highest BCUT2D eigenvalue weighted by atomic mass is 79.9. The number of nitrogens with zero attached hydrogens (tertiary/aromatic N) is 2. The number of nitro groups is 1. The van der Waals surface area contributed by atoms with E-state index in [1.807, 2.05) is 0 Å². The lowest BCUT2D eigenvalue weighted by Crippen LogP contribution is -2.28. The number of rotatable bonds is 4. The van der Waals surface area contributed by atoms with Crippen LogP contribution < -0.4 is 5.32 Å². The van der Waals surface area contributed by atoms with Crippen molar-refractivity contribution >= 4 is 27.3 Å². The van der Waals surface area contributed by atoms with Crippen molar-refractivity contribution in [2.24, 2.45) is 5.92 Å². The molecule has 0 saturated heterocycles. The van der Waals surface area contributed by atoms with E-state index in [4.69, 9.17) is 0 Å². The third-order valence-electron chi connectivity index (χ3n) is 3.81. The zero-order valence-corrected chi connectivity index (χ0v) is 12.5. The third-order valence-corrected chi connectivity index (χ3v) is 4.41. The Kier molecular flexibility index (Phi) is 4.74. The molecule has 1 heterocycles. The Bertz CT molecular complexity index is 461. The minimum atomic E-state index is -0.395. The maximum absolute atomic E-state index is 11.0. The van der Waals surface area contributed by atoms with Crippen molar-refractivity contribution in [1.29, 1.82) is 0 Å². The van der Waals surface area contributed by atoms with Crippen LogP contribution in [-0.2, 0) is 0 Å². The Morgan fingerprint density at radius 2 is 2.11 bits per heavy atom. The lowest BCUT2D eigenvalue weighted by Gasteiger charge is -2.29. The molecule has 1 saturated carbocycles. The molecule has 1 unspecified atom stereocenters. The second-order valence-electron chi connectivity index (χ2n) is 5.10. The molecule has 1 aliphatic carbocycles. The van der Waals surface area contributed by atoms with E-state index in [2.05, 4.69) is 33.2 Å². The fourth-order valence-corrected chi connectivity index (χ4v) is 3.12. The molecule has 0 aliphatic heterocycles. The summed E-state index contributed by atoms with van der Waals surface area (Å²) in [5, 5.41) is 14.3. The fourth-order valence-electron chi connectivity index (χ4n) is 2.69. The Hall–Kier alpha value is -1.17. The van der Waals surface area contributed by atoms with Gasteiger partial charge < -0.3 is 5.32 Å². The topological polar surface area (TPSA) is 68.1 Å². The summed E-state index contributed by atoms with van der Waals surface area (Å²) < 4.78 is 0.643. The summed E-state index contributed by atoms with van der Waals surface area (Å²) in [6.07, 6.45) is 9.11. The molecular formula is C13H18BrN3O2.